The molecule has 72 valence electrons. The first-order chi connectivity index (χ1) is 5.43. The number of hydrogen-bond donors (Lipinski definition) is 0. The molecule has 12 heavy (non-hydrogen) atoms. The molecule has 1 atom stereocenters. The molecule has 0 bridgehead atoms. The number of esters is 1. The van der Waals surface area contributed by atoms with E-state index in [2.05, 4.69) is 4.74 Å². The van der Waals surface area contributed by atoms with E-state index in [-0.39, 0.29) is 6.42 Å². The van der Waals surface area contributed by atoms with Crippen molar-refractivity contribution in [3.8, 4) is 0 Å². The summed E-state index contributed by atoms with van der Waals surface area (Å²) in [6, 6.07) is 0. The van der Waals surface area contributed by atoms with Gasteiger partial charge in [-0.25, -0.2) is 0 Å². The molecule has 0 fully saturated rings. The summed E-state index contributed by atoms with van der Waals surface area (Å²) in [7, 11) is 1.27. The van der Waals surface area contributed by atoms with Crippen molar-refractivity contribution in [2.45, 2.75) is 29.5 Å². The summed E-state index contributed by atoms with van der Waals surface area (Å²) >= 11 is 17.2. The monoisotopic (exact) mass is 232 g/mol. The Morgan fingerprint density at radius 2 is 2.08 bits per heavy atom. The van der Waals surface area contributed by atoms with E-state index in [1.54, 1.807) is 0 Å². The van der Waals surface area contributed by atoms with Gasteiger partial charge in [-0.15, -0.1) is 34.8 Å². The van der Waals surface area contributed by atoms with E-state index in [0.29, 0.717) is 6.42 Å². The van der Waals surface area contributed by atoms with Crippen LogP contribution in [0.5, 0.6) is 0 Å². The van der Waals surface area contributed by atoms with Crippen LogP contribution in [-0.2, 0) is 9.53 Å². The third kappa shape index (κ3) is 4.39. The van der Waals surface area contributed by atoms with Gasteiger partial charge in [0.25, 0.3) is 0 Å². The lowest BCUT2D eigenvalue weighted by atomic mass is 10.2. The predicted octanol–water partition coefficient (Wildman–Crippen LogP) is 2.74. The van der Waals surface area contributed by atoms with Gasteiger partial charge in [0, 0.05) is 6.42 Å². The summed E-state index contributed by atoms with van der Waals surface area (Å²) in [4.78, 5) is 10.8. The first kappa shape index (κ1) is 12.3. The fraction of sp³-hybridized carbons (Fsp3) is 0.857. The minimum Gasteiger partial charge on any atom is -0.468 e. The summed E-state index contributed by atoms with van der Waals surface area (Å²) in [5.74, 6) is -0.504. The highest BCUT2D eigenvalue weighted by atomic mass is 35.5. The van der Waals surface area contributed by atoms with E-state index >= 15 is 0 Å². The fourth-order valence-electron chi connectivity index (χ4n) is 0.618. The number of methoxy groups -OCH3 is 1. The zero-order chi connectivity index (χ0) is 9.78. The molecule has 0 aliphatic heterocycles. The van der Waals surface area contributed by atoms with E-state index in [0.717, 1.165) is 0 Å². The highest BCUT2D eigenvalue weighted by Gasteiger charge is 2.29. The normalized spacial score (nSPS) is 14.1. The molecule has 0 aromatic heterocycles. The van der Waals surface area contributed by atoms with Gasteiger partial charge in [0.15, 0.2) is 0 Å². The van der Waals surface area contributed by atoms with Crippen molar-refractivity contribution in [2.75, 3.05) is 7.11 Å². The Morgan fingerprint density at radius 1 is 1.58 bits per heavy atom. The average Bonchev–Trinajstić information content (AvgIpc) is 2.02. The van der Waals surface area contributed by atoms with Crippen molar-refractivity contribution in [1.29, 1.82) is 0 Å². The van der Waals surface area contributed by atoms with Crippen LogP contribution >= 0.6 is 34.8 Å². The molecule has 0 rings (SSSR count). The van der Waals surface area contributed by atoms with Gasteiger partial charge in [0.05, 0.1) is 7.11 Å². The van der Waals surface area contributed by atoms with Gasteiger partial charge >= 0.3 is 5.97 Å². The van der Waals surface area contributed by atoms with E-state index in [4.69, 9.17) is 34.8 Å². The van der Waals surface area contributed by atoms with Crippen LogP contribution in [0.25, 0.3) is 0 Å². The first-order valence-corrected chi connectivity index (χ1v) is 4.72. The van der Waals surface area contributed by atoms with Gasteiger partial charge in [-0.05, 0) is 6.42 Å². The van der Waals surface area contributed by atoms with Crippen molar-refractivity contribution in [1.82, 2.24) is 0 Å². The van der Waals surface area contributed by atoms with Crippen molar-refractivity contribution in [3.63, 3.8) is 0 Å². The molecule has 0 N–H and O–H groups in total. The van der Waals surface area contributed by atoms with Crippen molar-refractivity contribution in [3.05, 3.63) is 0 Å². The third-order valence-electron chi connectivity index (χ3n) is 1.45. The Labute approximate surface area is 87.1 Å². The maximum Gasteiger partial charge on any atom is 0.323 e. The van der Waals surface area contributed by atoms with Gasteiger partial charge < -0.3 is 4.74 Å². The van der Waals surface area contributed by atoms with Crippen LogP contribution in [-0.4, -0.2) is 22.8 Å². The van der Waals surface area contributed by atoms with E-state index in [1.165, 1.54) is 7.11 Å². The predicted molar refractivity (Wildman–Crippen MR) is 51.0 cm³/mol. The molecule has 0 heterocycles. The molecule has 0 aromatic rings. The molecular formula is C7H11Cl3O2. The second kappa shape index (κ2) is 5.15. The number of halogens is 3. The van der Waals surface area contributed by atoms with Gasteiger partial charge in [0.2, 0.25) is 0 Å². The zero-order valence-electron chi connectivity index (χ0n) is 6.94. The zero-order valence-corrected chi connectivity index (χ0v) is 9.21. The first-order valence-electron chi connectivity index (χ1n) is 3.52. The highest BCUT2D eigenvalue weighted by Crippen LogP contribution is 2.32. The average molecular weight is 234 g/mol. The standard InChI is InChI=1S/C7H11Cl3O2/c1-3-7(9,10)4-5(8)6(11)12-2/h5H,3-4H2,1-2H3. The second-order valence-electron chi connectivity index (χ2n) is 2.40. The Hall–Kier alpha value is 0.340. The summed E-state index contributed by atoms with van der Waals surface area (Å²) in [5.41, 5.74) is 0. The van der Waals surface area contributed by atoms with Gasteiger partial charge in [-0.3, -0.25) is 4.79 Å². The maximum absolute atomic E-state index is 10.8. The van der Waals surface area contributed by atoms with Crippen molar-refractivity contribution in [2.24, 2.45) is 0 Å². The van der Waals surface area contributed by atoms with Gasteiger partial charge in [-0.1, -0.05) is 6.92 Å². The molecule has 0 amide bonds. The summed E-state index contributed by atoms with van der Waals surface area (Å²) in [5, 5.41) is -0.773. The Balaban J connectivity index is 3.99. The maximum atomic E-state index is 10.8. The largest absolute Gasteiger partial charge is 0.468 e. The molecule has 2 nitrogen and oxygen atoms in total. The number of carbonyl (C=O) groups is 1. The third-order valence-corrected chi connectivity index (χ3v) is 2.63. The molecule has 5 heteroatoms. The van der Waals surface area contributed by atoms with E-state index in [1.807, 2.05) is 6.92 Å². The number of rotatable bonds is 4. The minimum absolute atomic E-state index is 0.195. The van der Waals surface area contributed by atoms with Crippen LogP contribution in [0.4, 0.5) is 0 Å². The Kier molecular flexibility index (Phi) is 5.30. The molecule has 0 aromatic carbocycles. The topological polar surface area (TPSA) is 26.3 Å². The summed E-state index contributed by atoms with van der Waals surface area (Å²) in [6.45, 7) is 1.82. The highest BCUT2D eigenvalue weighted by molar-refractivity contribution is 6.49. The SMILES string of the molecule is CCC(Cl)(Cl)CC(Cl)C(=O)OC. The van der Waals surface area contributed by atoms with Crippen LogP contribution in [0.3, 0.4) is 0 Å². The Morgan fingerprint density at radius 3 is 2.42 bits per heavy atom. The second-order valence-corrected chi connectivity index (χ2v) is 4.57. The lowest BCUT2D eigenvalue weighted by Crippen LogP contribution is -2.25. The Bertz CT molecular complexity index is 159. The summed E-state index contributed by atoms with van der Waals surface area (Å²) in [6.07, 6.45) is 0.733. The van der Waals surface area contributed by atoms with Gasteiger partial charge in [0.1, 0.15) is 9.71 Å². The summed E-state index contributed by atoms with van der Waals surface area (Å²) < 4.78 is 3.47. The molecule has 0 spiro atoms. The molecular weight excluding hydrogens is 222 g/mol. The fourth-order valence-corrected chi connectivity index (χ4v) is 1.44. The van der Waals surface area contributed by atoms with Crippen LogP contribution in [0.1, 0.15) is 19.8 Å². The van der Waals surface area contributed by atoms with E-state index in [9.17, 15) is 4.79 Å². The van der Waals surface area contributed by atoms with Crippen LogP contribution in [0.15, 0.2) is 0 Å². The quantitative estimate of drug-likeness (QED) is 0.551. The molecule has 1 unspecified atom stereocenters. The number of carbonyl (C=O) groups excluding carboxylic acids is 1. The van der Waals surface area contributed by atoms with Crippen LogP contribution < -0.4 is 0 Å². The molecule has 0 aliphatic carbocycles. The molecule has 0 radical (unpaired) electrons. The smallest absolute Gasteiger partial charge is 0.323 e. The minimum atomic E-state index is -0.944. The van der Waals surface area contributed by atoms with Crippen molar-refractivity contribution < 1.29 is 9.53 Å². The van der Waals surface area contributed by atoms with E-state index < -0.39 is 15.7 Å². The number of ether oxygens (including phenoxy) is 1. The van der Waals surface area contributed by atoms with Crippen LogP contribution in [0.2, 0.25) is 0 Å². The molecule has 0 aliphatic rings. The van der Waals surface area contributed by atoms with Gasteiger partial charge in [-0.2, -0.15) is 0 Å². The lowest BCUT2D eigenvalue weighted by molar-refractivity contribution is -0.140. The lowest BCUT2D eigenvalue weighted by Gasteiger charge is -2.18. The number of alkyl halides is 3. The molecule has 0 saturated carbocycles. The van der Waals surface area contributed by atoms with Crippen molar-refractivity contribution >= 4 is 40.8 Å². The van der Waals surface area contributed by atoms with Crippen LogP contribution in [0, 0.1) is 0 Å². The number of hydrogen-bond acceptors (Lipinski definition) is 2. The molecule has 0 saturated heterocycles.